The molecular weight excluding hydrogens is 449 g/mol. The van der Waals surface area contributed by atoms with Crippen molar-refractivity contribution in [2.75, 3.05) is 13.7 Å². The number of amides is 2. The zero-order chi connectivity index (χ0) is 20.3. The first-order valence-corrected chi connectivity index (χ1v) is 10.0. The summed E-state index contributed by atoms with van der Waals surface area (Å²) in [5.74, 6) is 0.185. The van der Waals surface area contributed by atoms with Gasteiger partial charge in [-0.05, 0) is 64.5 Å². The molecule has 1 fully saturated rings. The lowest BCUT2D eigenvalue weighted by atomic mass is 10.1. The fourth-order valence-electron chi connectivity index (χ4n) is 2.65. The second kappa shape index (κ2) is 8.79. The lowest BCUT2D eigenvalue weighted by molar-refractivity contribution is -0.122. The third-order valence-electron chi connectivity index (χ3n) is 4.07. The Labute approximate surface area is 174 Å². The maximum Gasteiger partial charge on any atom is 0.293 e. The van der Waals surface area contributed by atoms with E-state index in [-0.39, 0.29) is 23.6 Å². The molecule has 0 bridgehead atoms. The molecule has 2 aromatic rings. The van der Waals surface area contributed by atoms with Crippen molar-refractivity contribution in [3.05, 3.63) is 62.7 Å². The summed E-state index contributed by atoms with van der Waals surface area (Å²) in [6.07, 6.45) is 1.63. The Morgan fingerprint density at radius 2 is 2.00 bits per heavy atom. The number of nitrogens with zero attached hydrogens (tertiary/aromatic N) is 1. The molecule has 8 heteroatoms. The quantitative estimate of drug-likeness (QED) is 0.546. The Morgan fingerprint density at radius 3 is 2.64 bits per heavy atom. The highest BCUT2D eigenvalue weighted by Gasteiger charge is 2.33. The molecule has 1 aliphatic heterocycles. The molecule has 0 spiro atoms. The van der Waals surface area contributed by atoms with Crippen molar-refractivity contribution in [2.24, 2.45) is 0 Å². The van der Waals surface area contributed by atoms with Crippen LogP contribution in [-0.2, 0) is 11.4 Å². The van der Waals surface area contributed by atoms with Gasteiger partial charge in [-0.25, -0.2) is 4.39 Å². The molecule has 1 saturated heterocycles. The van der Waals surface area contributed by atoms with Crippen LogP contribution in [-0.4, -0.2) is 29.7 Å². The molecular formula is C20H17BrFNO4S. The second-order valence-corrected chi connectivity index (χ2v) is 7.69. The minimum Gasteiger partial charge on any atom is -0.493 e. The minimum absolute atomic E-state index is 0.0381. The monoisotopic (exact) mass is 465 g/mol. The number of likely N-dealkylation sites (N-methyl/N-ethyl adjacent to an activating group) is 1. The lowest BCUT2D eigenvalue weighted by Gasteiger charge is -2.14. The van der Waals surface area contributed by atoms with Crippen LogP contribution in [0.5, 0.6) is 11.5 Å². The van der Waals surface area contributed by atoms with Crippen molar-refractivity contribution < 1.29 is 23.5 Å². The summed E-state index contributed by atoms with van der Waals surface area (Å²) in [5.41, 5.74) is 1.09. The van der Waals surface area contributed by atoms with E-state index in [2.05, 4.69) is 15.9 Å². The van der Waals surface area contributed by atoms with Gasteiger partial charge in [0.05, 0.1) is 16.5 Å². The van der Waals surface area contributed by atoms with Gasteiger partial charge in [0.15, 0.2) is 11.5 Å². The molecule has 3 rings (SSSR count). The van der Waals surface area contributed by atoms with E-state index in [0.717, 1.165) is 11.8 Å². The number of carbonyl (C=O) groups excluding carboxylic acids is 2. The maximum absolute atomic E-state index is 13.8. The van der Waals surface area contributed by atoms with Crippen molar-refractivity contribution in [3.63, 3.8) is 0 Å². The number of hydrogen-bond acceptors (Lipinski definition) is 5. The zero-order valence-electron chi connectivity index (χ0n) is 15.2. The summed E-state index contributed by atoms with van der Waals surface area (Å²) in [6, 6.07) is 9.82. The van der Waals surface area contributed by atoms with E-state index in [1.54, 1.807) is 43.3 Å². The predicted octanol–water partition coefficient (Wildman–Crippen LogP) is 5.23. The van der Waals surface area contributed by atoms with E-state index in [9.17, 15) is 14.0 Å². The van der Waals surface area contributed by atoms with Crippen LogP contribution >= 0.6 is 27.7 Å². The summed E-state index contributed by atoms with van der Waals surface area (Å²) in [4.78, 5) is 25.6. The highest BCUT2D eigenvalue weighted by Crippen LogP contribution is 2.39. The van der Waals surface area contributed by atoms with Crippen LogP contribution in [0.25, 0.3) is 6.08 Å². The van der Waals surface area contributed by atoms with Gasteiger partial charge in [-0.2, -0.15) is 0 Å². The molecule has 0 radical (unpaired) electrons. The molecule has 0 atom stereocenters. The zero-order valence-corrected chi connectivity index (χ0v) is 17.6. The largest absolute Gasteiger partial charge is 0.493 e. The Bertz CT molecular complexity index is 963. The van der Waals surface area contributed by atoms with Crippen LogP contribution in [0.4, 0.5) is 9.18 Å². The third kappa shape index (κ3) is 4.23. The normalized spacial score (nSPS) is 15.4. The van der Waals surface area contributed by atoms with Gasteiger partial charge in [0.25, 0.3) is 11.1 Å². The second-order valence-electron chi connectivity index (χ2n) is 5.84. The fraction of sp³-hybridized carbons (Fsp3) is 0.200. The highest BCUT2D eigenvalue weighted by molar-refractivity contribution is 9.10. The number of halogens is 2. The molecule has 28 heavy (non-hydrogen) atoms. The van der Waals surface area contributed by atoms with Crippen molar-refractivity contribution >= 4 is 44.9 Å². The standard InChI is InChI=1S/C20H17BrFNO4S/c1-3-23-19(24)17(28-20(23)25)10-12-8-14(21)18(16(9-12)26-2)27-11-13-6-4-5-7-15(13)22/h4-10H,3,11H2,1-2H3. The van der Waals surface area contributed by atoms with Crippen LogP contribution in [0.1, 0.15) is 18.1 Å². The molecule has 1 heterocycles. The third-order valence-corrected chi connectivity index (χ3v) is 5.57. The summed E-state index contributed by atoms with van der Waals surface area (Å²) < 4.78 is 25.5. The Morgan fingerprint density at radius 1 is 1.25 bits per heavy atom. The molecule has 0 aromatic heterocycles. The predicted molar refractivity (Wildman–Crippen MR) is 110 cm³/mol. The van der Waals surface area contributed by atoms with Crippen LogP contribution in [0.15, 0.2) is 45.8 Å². The van der Waals surface area contributed by atoms with Crippen molar-refractivity contribution in [1.29, 1.82) is 0 Å². The molecule has 2 amide bonds. The van der Waals surface area contributed by atoms with Crippen LogP contribution in [0.3, 0.4) is 0 Å². The molecule has 146 valence electrons. The van der Waals surface area contributed by atoms with Gasteiger partial charge >= 0.3 is 0 Å². The number of methoxy groups -OCH3 is 1. The van der Waals surface area contributed by atoms with Gasteiger partial charge in [-0.1, -0.05) is 18.2 Å². The van der Waals surface area contributed by atoms with Crippen molar-refractivity contribution in [3.8, 4) is 11.5 Å². The number of rotatable bonds is 6. The molecule has 1 aliphatic rings. The van der Waals surface area contributed by atoms with Gasteiger partial charge in [-0.3, -0.25) is 14.5 Å². The Balaban J connectivity index is 1.86. The number of benzene rings is 2. The molecule has 0 unspecified atom stereocenters. The van der Waals surface area contributed by atoms with Crippen molar-refractivity contribution in [2.45, 2.75) is 13.5 Å². The lowest BCUT2D eigenvalue weighted by Crippen LogP contribution is -2.27. The number of carbonyl (C=O) groups is 2. The van der Waals surface area contributed by atoms with E-state index < -0.39 is 0 Å². The van der Waals surface area contributed by atoms with Gasteiger partial charge < -0.3 is 9.47 Å². The molecule has 5 nitrogen and oxygen atoms in total. The first-order chi connectivity index (χ1) is 13.4. The van der Waals surface area contributed by atoms with Gasteiger partial charge in [0.2, 0.25) is 0 Å². The van der Waals surface area contributed by atoms with E-state index in [4.69, 9.17) is 9.47 Å². The van der Waals surface area contributed by atoms with Crippen molar-refractivity contribution in [1.82, 2.24) is 4.90 Å². The van der Waals surface area contributed by atoms with Gasteiger partial charge in [-0.15, -0.1) is 0 Å². The Kier molecular flexibility index (Phi) is 6.41. The number of imide groups is 1. The first-order valence-electron chi connectivity index (χ1n) is 8.43. The van der Waals surface area contributed by atoms with E-state index in [1.165, 1.54) is 18.1 Å². The number of thioether (sulfide) groups is 1. The number of ether oxygens (including phenoxy) is 2. The summed E-state index contributed by atoms with van der Waals surface area (Å²) >= 11 is 4.34. The average molecular weight is 466 g/mol. The van der Waals surface area contributed by atoms with E-state index >= 15 is 0 Å². The maximum atomic E-state index is 13.8. The fourth-order valence-corrected chi connectivity index (χ4v) is 4.13. The van der Waals surface area contributed by atoms with Gasteiger partial charge in [0, 0.05) is 12.1 Å². The number of hydrogen-bond donors (Lipinski definition) is 0. The van der Waals surface area contributed by atoms with Crippen LogP contribution < -0.4 is 9.47 Å². The van der Waals surface area contributed by atoms with Gasteiger partial charge in [0.1, 0.15) is 12.4 Å². The van der Waals surface area contributed by atoms with E-state index in [1.807, 2.05) is 0 Å². The Hall–Kier alpha value is -2.32. The summed E-state index contributed by atoms with van der Waals surface area (Å²) in [5, 5.41) is -0.283. The summed E-state index contributed by atoms with van der Waals surface area (Å²) in [6.45, 7) is 2.12. The molecule has 0 aliphatic carbocycles. The summed E-state index contributed by atoms with van der Waals surface area (Å²) in [7, 11) is 1.49. The molecule has 0 saturated carbocycles. The van der Waals surface area contributed by atoms with E-state index in [0.29, 0.717) is 38.5 Å². The molecule has 0 N–H and O–H groups in total. The SMILES string of the molecule is CCN1C(=O)SC(=Cc2cc(Br)c(OCc3ccccc3F)c(OC)c2)C1=O. The first kappa shape index (κ1) is 20.4. The average Bonchev–Trinajstić information content (AvgIpc) is 2.94. The molecule has 2 aromatic carbocycles. The highest BCUT2D eigenvalue weighted by atomic mass is 79.9. The minimum atomic E-state index is -0.346. The smallest absolute Gasteiger partial charge is 0.293 e. The van der Waals surface area contributed by atoms with Crippen LogP contribution in [0, 0.1) is 5.82 Å². The van der Waals surface area contributed by atoms with Crippen LogP contribution in [0.2, 0.25) is 0 Å². The topological polar surface area (TPSA) is 55.8 Å².